The molecule has 0 N–H and O–H groups in total. The van der Waals surface area contributed by atoms with Gasteiger partial charge in [-0.25, -0.2) is 0 Å². The third-order valence-electron chi connectivity index (χ3n) is 14.5. The van der Waals surface area contributed by atoms with Crippen LogP contribution in [0.3, 0.4) is 0 Å². The van der Waals surface area contributed by atoms with Crippen molar-refractivity contribution in [2.45, 2.75) is 297 Å². The van der Waals surface area contributed by atoms with Gasteiger partial charge >= 0.3 is 23.9 Å². The molecular weight excluding hydrogens is 865 g/mol. The van der Waals surface area contributed by atoms with Gasteiger partial charge < -0.3 is 23.8 Å². The second kappa shape index (κ2) is 43.4. The first-order valence-electron chi connectivity index (χ1n) is 29.5. The van der Waals surface area contributed by atoms with Gasteiger partial charge in [-0.15, -0.1) is 0 Å². The van der Waals surface area contributed by atoms with Gasteiger partial charge in [0.2, 0.25) is 0 Å². The summed E-state index contributed by atoms with van der Waals surface area (Å²) in [5, 5.41) is 0. The number of nitrogens with zero attached hydrogens (tertiary/aromatic N) is 2. The second-order valence-corrected chi connectivity index (χ2v) is 22.0. The molecule has 406 valence electrons. The summed E-state index contributed by atoms with van der Waals surface area (Å²) in [6, 6.07) is -0.426. The fourth-order valence-electron chi connectivity index (χ4n) is 9.85. The summed E-state index contributed by atoms with van der Waals surface area (Å²) in [6.45, 7) is 15.8. The molecule has 0 aromatic rings. The van der Waals surface area contributed by atoms with Crippen molar-refractivity contribution in [3.8, 4) is 0 Å². The Hall–Kier alpha value is -2.20. The van der Waals surface area contributed by atoms with E-state index in [0.29, 0.717) is 45.6 Å². The van der Waals surface area contributed by atoms with E-state index in [1.807, 2.05) is 32.8 Å². The van der Waals surface area contributed by atoms with E-state index in [9.17, 15) is 19.2 Å². The number of carbonyl (C=O) groups excluding carboxylic acids is 4. The Morgan fingerprint density at radius 1 is 0.551 bits per heavy atom. The molecule has 10 heteroatoms. The van der Waals surface area contributed by atoms with Gasteiger partial charge in [-0.05, 0) is 105 Å². The molecule has 1 fully saturated rings. The van der Waals surface area contributed by atoms with E-state index in [-0.39, 0.29) is 36.1 Å². The van der Waals surface area contributed by atoms with Crippen molar-refractivity contribution in [3.05, 3.63) is 0 Å². The van der Waals surface area contributed by atoms with Crippen molar-refractivity contribution in [3.63, 3.8) is 0 Å². The lowest BCUT2D eigenvalue weighted by Gasteiger charge is -2.24. The van der Waals surface area contributed by atoms with Crippen LogP contribution in [0.4, 0.5) is 0 Å². The minimum Gasteiger partial charge on any atom is -0.465 e. The number of hydrogen-bond donors (Lipinski definition) is 0. The van der Waals surface area contributed by atoms with E-state index in [1.54, 1.807) is 0 Å². The minimum atomic E-state index is -0.508. The highest BCUT2D eigenvalue weighted by atomic mass is 16.6. The van der Waals surface area contributed by atoms with Gasteiger partial charge in [0.1, 0.15) is 18.2 Å². The monoisotopic (exact) mass is 977 g/mol. The van der Waals surface area contributed by atoms with E-state index < -0.39 is 11.5 Å². The summed E-state index contributed by atoms with van der Waals surface area (Å²) in [7, 11) is 3.87. The molecule has 1 saturated heterocycles. The predicted molar refractivity (Wildman–Crippen MR) is 286 cm³/mol. The summed E-state index contributed by atoms with van der Waals surface area (Å²) in [6.07, 6.45) is 39.6. The molecular formula is C59H112N2O8. The van der Waals surface area contributed by atoms with Crippen LogP contribution in [0.5, 0.6) is 0 Å². The zero-order valence-electron chi connectivity index (χ0n) is 46.7. The van der Waals surface area contributed by atoms with E-state index in [1.165, 1.54) is 116 Å². The van der Waals surface area contributed by atoms with Gasteiger partial charge in [-0.2, -0.15) is 0 Å². The standard InChI is InChI=1S/C59H112N2O8/c1-9-13-17-19-22-30-40-52(41-31-23-20-18-14-10-2)68-55(62)42-32-24-21-27-35-47-66-57(64)54-49-53(69-56(63)43-46-60(7)8)50-61(54)45-34-26-25-33-44-59(5,6)58(65)67-48-36-39-51(37-28-15-11-3)38-29-16-12-4/h51-54H,9-50H2,1-8H3/t53-,54+/m1/s1. The van der Waals surface area contributed by atoms with E-state index in [0.717, 1.165) is 115 Å². The number of rotatable bonds is 48. The van der Waals surface area contributed by atoms with Crippen molar-refractivity contribution < 1.29 is 38.1 Å². The fraction of sp³-hybridized carbons (Fsp3) is 0.932. The Labute approximate surface area is 426 Å². The summed E-state index contributed by atoms with van der Waals surface area (Å²) < 4.78 is 23.6. The lowest BCUT2D eigenvalue weighted by atomic mass is 9.87. The van der Waals surface area contributed by atoms with Crippen molar-refractivity contribution in [1.82, 2.24) is 9.80 Å². The molecule has 0 bridgehead atoms. The number of unbranched alkanes of at least 4 members (excludes halogenated alkanes) is 21. The first kappa shape index (κ1) is 64.8. The van der Waals surface area contributed by atoms with Gasteiger partial charge in [0.15, 0.2) is 0 Å². The average molecular weight is 978 g/mol. The first-order valence-corrected chi connectivity index (χ1v) is 29.5. The van der Waals surface area contributed by atoms with Crippen LogP contribution >= 0.6 is 0 Å². The molecule has 0 aromatic carbocycles. The quantitative estimate of drug-likeness (QED) is 0.0332. The van der Waals surface area contributed by atoms with Crippen LogP contribution < -0.4 is 0 Å². The molecule has 0 amide bonds. The molecule has 0 unspecified atom stereocenters. The van der Waals surface area contributed by atoms with Crippen LogP contribution in [0.1, 0.15) is 279 Å². The second-order valence-electron chi connectivity index (χ2n) is 22.0. The van der Waals surface area contributed by atoms with Crippen LogP contribution in [0.25, 0.3) is 0 Å². The number of ether oxygens (including phenoxy) is 4. The maximum absolute atomic E-state index is 13.5. The molecule has 0 aliphatic carbocycles. The number of hydrogen-bond acceptors (Lipinski definition) is 10. The zero-order chi connectivity index (χ0) is 50.8. The van der Waals surface area contributed by atoms with Gasteiger partial charge in [0, 0.05) is 25.9 Å². The highest BCUT2D eigenvalue weighted by molar-refractivity contribution is 5.77. The van der Waals surface area contributed by atoms with Crippen molar-refractivity contribution in [1.29, 1.82) is 0 Å². The molecule has 1 heterocycles. The molecule has 1 aliphatic heterocycles. The number of carbonyl (C=O) groups is 4. The van der Waals surface area contributed by atoms with Crippen LogP contribution in [-0.2, 0) is 38.1 Å². The Kier molecular flexibility index (Phi) is 40.8. The molecule has 10 nitrogen and oxygen atoms in total. The molecule has 69 heavy (non-hydrogen) atoms. The molecule has 0 aromatic heterocycles. The van der Waals surface area contributed by atoms with Gasteiger partial charge in [0.05, 0.1) is 25.0 Å². The van der Waals surface area contributed by atoms with Crippen molar-refractivity contribution >= 4 is 23.9 Å². The lowest BCUT2D eigenvalue weighted by Crippen LogP contribution is -2.38. The summed E-state index contributed by atoms with van der Waals surface area (Å²) in [5.74, 6) is 0.157. The third kappa shape index (κ3) is 35.5. The van der Waals surface area contributed by atoms with E-state index in [4.69, 9.17) is 18.9 Å². The Morgan fingerprint density at radius 3 is 1.65 bits per heavy atom. The number of likely N-dealkylation sites (tertiary alicyclic amines) is 1. The maximum atomic E-state index is 13.5. The highest BCUT2D eigenvalue weighted by Crippen LogP contribution is 2.28. The molecule has 1 rings (SSSR count). The van der Waals surface area contributed by atoms with Crippen LogP contribution in [0, 0.1) is 11.3 Å². The molecule has 2 atom stereocenters. The van der Waals surface area contributed by atoms with Crippen molar-refractivity contribution in [2.24, 2.45) is 11.3 Å². The Balaban J connectivity index is 2.49. The van der Waals surface area contributed by atoms with Crippen molar-refractivity contribution in [2.75, 3.05) is 46.9 Å². The SMILES string of the molecule is CCCCCCCCC(CCCCCCCC)OC(=O)CCCCCCCOC(=O)[C@@H]1C[C@@H](OC(=O)CCN(C)C)CN1CCCCCCC(C)(C)C(=O)OCCCC(CCCCC)CCCCC. The van der Waals surface area contributed by atoms with Crippen LogP contribution in [0.15, 0.2) is 0 Å². The summed E-state index contributed by atoms with van der Waals surface area (Å²) in [5.41, 5.74) is -0.508. The topological polar surface area (TPSA) is 112 Å². The highest BCUT2D eigenvalue weighted by Gasteiger charge is 2.39. The van der Waals surface area contributed by atoms with Gasteiger partial charge in [-0.3, -0.25) is 24.1 Å². The first-order chi connectivity index (χ1) is 33.4. The van der Waals surface area contributed by atoms with E-state index >= 15 is 0 Å². The molecule has 0 radical (unpaired) electrons. The maximum Gasteiger partial charge on any atom is 0.323 e. The average Bonchev–Trinajstić information content (AvgIpc) is 3.72. The molecule has 0 saturated carbocycles. The largest absolute Gasteiger partial charge is 0.465 e. The lowest BCUT2D eigenvalue weighted by molar-refractivity contribution is -0.154. The Morgan fingerprint density at radius 2 is 1.04 bits per heavy atom. The zero-order valence-corrected chi connectivity index (χ0v) is 46.7. The van der Waals surface area contributed by atoms with E-state index in [2.05, 4.69) is 32.6 Å². The van der Waals surface area contributed by atoms with Crippen LogP contribution in [0.2, 0.25) is 0 Å². The summed E-state index contributed by atoms with van der Waals surface area (Å²) in [4.78, 5) is 56.2. The predicted octanol–water partition coefficient (Wildman–Crippen LogP) is 15.3. The summed E-state index contributed by atoms with van der Waals surface area (Å²) >= 11 is 0. The molecule has 1 aliphatic rings. The minimum absolute atomic E-state index is 0.0466. The number of esters is 4. The molecule has 0 spiro atoms. The van der Waals surface area contributed by atoms with Gasteiger partial charge in [0.25, 0.3) is 0 Å². The van der Waals surface area contributed by atoms with Crippen LogP contribution in [-0.4, -0.2) is 98.9 Å². The smallest absolute Gasteiger partial charge is 0.323 e. The van der Waals surface area contributed by atoms with Gasteiger partial charge in [-0.1, -0.05) is 182 Å². The Bertz CT molecular complexity index is 1230. The fourth-order valence-corrected chi connectivity index (χ4v) is 9.85. The normalized spacial score (nSPS) is 15.4. The third-order valence-corrected chi connectivity index (χ3v) is 14.5.